The molecule has 9 heteroatoms. The topological polar surface area (TPSA) is 123 Å². The molecule has 0 bridgehead atoms. The van der Waals surface area contributed by atoms with Gasteiger partial charge in [0.1, 0.15) is 0 Å². The van der Waals surface area contributed by atoms with Crippen LogP contribution in [0, 0.1) is 10.1 Å². The van der Waals surface area contributed by atoms with Crippen LogP contribution in [0.5, 0.6) is 17.2 Å². The minimum Gasteiger partial charge on any atom is -0.502 e. The van der Waals surface area contributed by atoms with E-state index >= 15 is 0 Å². The lowest BCUT2D eigenvalue weighted by Gasteiger charge is -2.10. The van der Waals surface area contributed by atoms with E-state index in [1.54, 1.807) is 24.3 Å². The number of carbonyl (C=O) groups is 1. The lowest BCUT2D eigenvalue weighted by atomic mass is 10.2. The Morgan fingerprint density at radius 3 is 2.58 bits per heavy atom. The van der Waals surface area contributed by atoms with Crippen molar-refractivity contribution in [3.05, 3.63) is 58.1 Å². The van der Waals surface area contributed by atoms with Gasteiger partial charge in [-0.3, -0.25) is 14.9 Å². The molecule has 0 aliphatic rings. The molecule has 2 rings (SSSR count). The highest BCUT2D eigenvalue weighted by atomic mass is 16.6. The lowest BCUT2D eigenvalue weighted by Crippen LogP contribution is -2.24. The van der Waals surface area contributed by atoms with E-state index in [1.165, 1.54) is 12.1 Å². The van der Waals surface area contributed by atoms with Crippen molar-refractivity contribution in [2.45, 2.75) is 6.92 Å². The van der Waals surface area contributed by atoms with Crippen LogP contribution in [0.1, 0.15) is 12.5 Å². The Morgan fingerprint density at radius 2 is 1.92 bits per heavy atom. The molecule has 136 valence electrons. The molecule has 0 aliphatic heterocycles. The van der Waals surface area contributed by atoms with Gasteiger partial charge in [0.15, 0.2) is 18.1 Å². The van der Waals surface area contributed by atoms with E-state index in [0.29, 0.717) is 18.1 Å². The Kier molecular flexibility index (Phi) is 6.49. The summed E-state index contributed by atoms with van der Waals surface area (Å²) in [6, 6.07) is 10.9. The SMILES string of the molecule is CCOc1ccccc1OCC(=O)N/N=C/c1cccc([N+](=O)[O-])c1O. The zero-order valence-electron chi connectivity index (χ0n) is 13.9. The van der Waals surface area contributed by atoms with E-state index in [-0.39, 0.29) is 12.2 Å². The van der Waals surface area contributed by atoms with Crippen LogP contribution in [0.4, 0.5) is 5.69 Å². The molecule has 0 fully saturated rings. The molecular formula is C17H17N3O6. The predicted molar refractivity (Wildman–Crippen MR) is 93.6 cm³/mol. The zero-order chi connectivity index (χ0) is 18.9. The van der Waals surface area contributed by atoms with Crippen LogP contribution in [0.2, 0.25) is 0 Å². The number of para-hydroxylation sites is 3. The van der Waals surface area contributed by atoms with Crippen LogP contribution < -0.4 is 14.9 Å². The Balaban J connectivity index is 1.92. The van der Waals surface area contributed by atoms with Gasteiger partial charge >= 0.3 is 5.69 Å². The predicted octanol–water partition coefficient (Wildman–Crippen LogP) is 2.23. The summed E-state index contributed by atoms with van der Waals surface area (Å²) in [5.74, 6) is -0.132. The molecule has 2 aromatic carbocycles. The number of hydrogen-bond donors (Lipinski definition) is 2. The molecule has 0 heterocycles. The van der Waals surface area contributed by atoms with Crippen LogP contribution in [0.25, 0.3) is 0 Å². The number of hydrazone groups is 1. The Hall–Kier alpha value is -3.62. The summed E-state index contributed by atoms with van der Waals surface area (Å²) in [6.07, 6.45) is 1.11. The van der Waals surface area contributed by atoms with E-state index in [1.807, 2.05) is 6.92 Å². The molecule has 0 radical (unpaired) electrons. The average molecular weight is 359 g/mol. The molecule has 0 unspecified atom stereocenters. The van der Waals surface area contributed by atoms with Gasteiger partial charge in [-0.05, 0) is 25.1 Å². The first kappa shape index (κ1) is 18.7. The van der Waals surface area contributed by atoms with Gasteiger partial charge in [0.25, 0.3) is 5.91 Å². The third-order valence-electron chi connectivity index (χ3n) is 3.14. The summed E-state index contributed by atoms with van der Waals surface area (Å²) in [5, 5.41) is 24.2. The summed E-state index contributed by atoms with van der Waals surface area (Å²) in [4.78, 5) is 21.8. The molecule has 0 saturated carbocycles. The minimum absolute atomic E-state index is 0.0992. The fourth-order valence-corrected chi connectivity index (χ4v) is 1.99. The average Bonchev–Trinajstić information content (AvgIpc) is 2.62. The molecule has 0 aliphatic carbocycles. The van der Waals surface area contributed by atoms with Crippen molar-refractivity contribution >= 4 is 17.8 Å². The maximum atomic E-state index is 11.8. The molecular weight excluding hydrogens is 342 g/mol. The third-order valence-corrected chi connectivity index (χ3v) is 3.14. The number of nitro benzene ring substituents is 1. The minimum atomic E-state index is -0.713. The van der Waals surface area contributed by atoms with E-state index < -0.39 is 22.3 Å². The van der Waals surface area contributed by atoms with Crippen LogP contribution >= 0.6 is 0 Å². The highest BCUT2D eigenvalue weighted by molar-refractivity contribution is 5.87. The summed E-state index contributed by atoms with van der Waals surface area (Å²) >= 11 is 0. The number of rotatable bonds is 8. The van der Waals surface area contributed by atoms with Gasteiger partial charge in [0.05, 0.1) is 17.7 Å². The van der Waals surface area contributed by atoms with Gasteiger partial charge < -0.3 is 14.6 Å². The third kappa shape index (κ3) is 4.94. The standard InChI is InChI=1S/C17H17N3O6/c1-2-25-14-8-3-4-9-15(14)26-11-16(21)19-18-10-12-6-5-7-13(17(12)22)20(23)24/h3-10,22H,2,11H2,1H3,(H,19,21)/b18-10+. The van der Waals surface area contributed by atoms with Gasteiger partial charge in [-0.15, -0.1) is 0 Å². The largest absolute Gasteiger partial charge is 0.502 e. The fourth-order valence-electron chi connectivity index (χ4n) is 1.99. The van der Waals surface area contributed by atoms with Crippen LogP contribution in [-0.4, -0.2) is 35.4 Å². The van der Waals surface area contributed by atoms with Gasteiger partial charge in [0.2, 0.25) is 5.75 Å². The fraction of sp³-hybridized carbons (Fsp3) is 0.176. The first-order valence-electron chi connectivity index (χ1n) is 7.65. The molecule has 2 N–H and O–H groups in total. The number of carbonyl (C=O) groups excluding carboxylic acids is 1. The van der Waals surface area contributed by atoms with E-state index in [9.17, 15) is 20.0 Å². The second kappa shape index (κ2) is 9.02. The van der Waals surface area contributed by atoms with E-state index in [2.05, 4.69) is 10.5 Å². The molecule has 0 atom stereocenters. The summed E-state index contributed by atoms with van der Waals surface area (Å²) < 4.78 is 10.8. The first-order chi connectivity index (χ1) is 12.5. The van der Waals surface area contributed by atoms with Crippen molar-refractivity contribution in [3.63, 3.8) is 0 Å². The first-order valence-corrected chi connectivity index (χ1v) is 7.65. The van der Waals surface area contributed by atoms with Crippen molar-refractivity contribution in [2.24, 2.45) is 5.10 Å². The number of nitro groups is 1. The number of phenols is 1. The molecule has 0 saturated heterocycles. The Bertz CT molecular complexity index is 822. The quantitative estimate of drug-likeness (QED) is 0.423. The Labute approximate surface area is 149 Å². The normalized spacial score (nSPS) is 10.5. The number of benzene rings is 2. The van der Waals surface area contributed by atoms with Crippen LogP contribution in [0.15, 0.2) is 47.6 Å². The van der Waals surface area contributed by atoms with Crippen molar-refractivity contribution in [1.82, 2.24) is 5.43 Å². The summed E-state index contributed by atoms with van der Waals surface area (Å²) in [6.45, 7) is 1.99. The second-order valence-corrected chi connectivity index (χ2v) is 4.93. The lowest BCUT2D eigenvalue weighted by molar-refractivity contribution is -0.385. The van der Waals surface area contributed by atoms with Crippen molar-refractivity contribution in [1.29, 1.82) is 0 Å². The molecule has 0 spiro atoms. The molecule has 9 nitrogen and oxygen atoms in total. The van der Waals surface area contributed by atoms with Crippen LogP contribution in [0.3, 0.4) is 0 Å². The number of phenolic OH excluding ortho intramolecular Hbond substituents is 1. The highest BCUT2D eigenvalue weighted by Gasteiger charge is 2.15. The van der Waals surface area contributed by atoms with E-state index in [4.69, 9.17) is 9.47 Å². The maximum absolute atomic E-state index is 11.8. The number of ether oxygens (including phenoxy) is 2. The number of aromatic hydroxyl groups is 1. The molecule has 2 aromatic rings. The number of hydrogen-bond acceptors (Lipinski definition) is 7. The van der Waals surface area contributed by atoms with Crippen molar-refractivity contribution in [3.8, 4) is 17.2 Å². The summed E-state index contributed by atoms with van der Waals surface area (Å²) in [7, 11) is 0. The van der Waals surface area contributed by atoms with Crippen molar-refractivity contribution < 1.29 is 24.3 Å². The monoisotopic (exact) mass is 359 g/mol. The van der Waals surface area contributed by atoms with Crippen molar-refractivity contribution in [2.75, 3.05) is 13.2 Å². The smallest absolute Gasteiger partial charge is 0.311 e. The van der Waals surface area contributed by atoms with Gasteiger partial charge in [0, 0.05) is 11.6 Å². The highest BCUT2D eigenvalue weighted by Crippen LogP contribution is 2.28. The zero-order valence-corrected chi connectivity index (χ0v) is 13.9. The molecule has 26 heavy (non-hydrogen) atoms. The number of nitrogens with zero attached hydrogens (tertiary/aromatic N) is 2. The maximum Gasteiger partial charge on any atom is 0.311 e. The van der Waals surface area contributed by atoms with Crippen LogP contribution in [-0.2, 0) is 4.79 Å². The number of nitrogens with one attached hydrogen (secondary N) is 1. The van der Waals surface area contributed by atoms with Gasteiger partial charge in [-0.25, -0.2) is 5.43 Å². The molecule has 1 amide bonds. The summed E-state index contributed by atoms with van der Waals surface area (Å²) in [5.41, 5.74) is 1.86. The second-order valence-electron chi connectivity index (χ2n) is 4.93. The molecule has 0 aromatic heterocycles. The van der Waals surface area contributed by atoms with E-state index in [0.717, 1.165) is 12.3 Å². The number of amides is 1. The van der Waals surface area contributed by atoms with Gasteiger partial charge in [-0.1, -0.05) is 18.2 Å². The van der Waals surface area contributed by atoms with Gasteiger partial charge in [-0.2, -0.15) is 5.10 Å². The Morgan fingerprint density at radius 1 is 1.23 bits per heavy atom.